The van der Waals surface area contributed by atoms with E-state index in [2.05, 4.69) is 0 Å². The molecular formula is C10H16OS. The summed E-state index contributed by atoms with van der Waals surface area (Å²) in [5.41, 5.74) is 0. The van der Waals surface area contributed by atoms with Gasteiger partial charge in [-0.05, 0) is 30.9 Å². The van der Waals surface area contributed by atoms with Gasteiger partial charge in [-0.3, -0.25) is 4.79 Å². The molecule has 0 amide bonds. The molecule has 0 spiro atoms. The molecule has 0 radical (unpaired) electrons. The highest BCUT2D eigenvalue weighted by molar-refractivity contribution is 8.00. The van der Waals surface area contributed by atoms with E-state index in [1.54, 1.807) is 0 Å². The van der Waals surface area contributed by atoms with Gasteiger partial charge in [-0.2, -0.15) is 11.8 Å². The molecule has 2 rings (SSSR count). The van der Waals surface area contributed by atoms with Crippen molar-refractivity contribution < 1.29 is 4.79 Å². The predicted octanol–water partition coefficient (Wildman–Crippen LogP) is 2.64. The van der Waals surface area contributed by atoms with E-state index >= 15 is 0 Å². The Morgan fingerprint density at radius 1 is 1.33 bits per heavy atom. The Bertz CT molecular complexity index is 169. The monoisotopic (exact) mass is 184 g/mol. The van der Waals surface area contributed by atoms with Crippen molar-refractivity contribution >= 4 is 17.5 Å². The Morgan fingerprint density at radius 3 is 2.75 bits per heavy atom. The molecule has 1 nitrogen and oxygen atoms in total. The van der Waals surface area contributed by atoms with Crippen molar-refractivity contribution in [3.63, 3.8) is 0 Å². The lowest BCUT2D eigenvalue weighted by Crippen LogP contribution is -2.13. The van der Waals surface area contributed by atoms with E-state index in [1.165, 1.54) is 31.4 Å². The van der Waals surface area contributed by atoms with Gasteiger partial charge >= 0.3 is 0 Å². The minimum atomic E-state index is 0.378. The quantitative estimate of drug-likeness (QED) is 0.668. The fourth-order valence-corrected chi connectivity index (χ4v) is 3.00. The summed E-state index contributed by atoms with van der Waals surface area (Å²) in [6.45, 7) is 0. The molecule has 2 heteroatoms. The van der Waals surface area contributed by atoms with E-state index in [1.807, 2.05) is 11.8 Å². The van der Waals surface area contributed by atoms with Gasteiger partial charge in [0.15, 0.2) is 0 Å². The molecule has 1 aliphatic heterocycles. The van der Waals surface area contributed by atoms with Crippen LogP contribution >= 0.6 is 11.8 Å². The van der Waals surface area contributed by atoms with E-state index in [-0.39, 0.29) is 0 Å². The zero-order valence-corrected chi connectivity index (χ0v) is 8.24. The molecule has 0 aromatic rings. The molecule has 2 fully saturated rings. The second-order valence-corrected chi connectivity index (χ2v) is 5.26. The number of ketones is 1. The molecule has 1 unspecified atom stereocenters. The highest BCUT2D eigenvalue weighted by Crippen LogP contribution is 2.35. The third kappa shape index (κ3) is 2.25. The number of carbonyl (C=O) groups is 1. The maximum Gasteiger partial charge on any atom is 0.145 e. The fourth-order valence-electron chi connectivity index (χ4n) is 1.75. The van der Waals surface area contributed by atoms with Crippen LogP contribution < -0.4 is 0 Å². The summed E-state index contributed by atoms with van der Waals surface area (Å²) in [6, 6.07) is 0. The van der Waals surface area contributed by atoms with Crippen LogP contribution in [0.1, 0.15) is 38.5 Å². The molecule has 0 aromatic carbocycles. The minimum absolute atomic E-state index is 0.378. The van der Waals surface area contributed by atoms with Crippen LogP contribution in [0, 0.1) is 5.92 Å². The average Bonchev–Trinajstić information content (AvgIpc) is 2.74. The zero-order chi connectivity index (χ0) is 8.39. The second kappa shape index (κ2) is 3.82. The van der Waals surface area contributed by atoms with Gasteiger partial charge in [-0.15, -0.1) is 0 Å². The third-order valence-corrected chi connectivity index (χ3v) is 4.21. The molecule has 1 atom stereocenters. The first-order valence-electron chi connectivity index (χ1n) is 5.00. The van der Waals surface area contributed by atoms with Crippen molar-refractivity contribution in [1.82, 2.24) is 0 Å². The topological polar surface area (TPSA) is 17.1 Å². The first-order valence-corrected chi connectivity index (χ1v) is 6.05. The lowest BCUT2D eigenvalue weighted by molar-refractivity contribution is -0.118. The van der Waals surface area contributed by atoms with Gasteiger partial charge in [-0.25, -0.2) is 0 Å². The van der Waals surface area contributed by atoms with E-state index in [9.17, 15) is 4.79 Å². The minimum Gasteiger partial charge on any atom is -0.298 e. The Morgan fingerprint density at radius 2 is 2.17 bits per heavy atom. The Labute approximate surface area is 78.3 Å². The highest BCUT2D eigenvalue weighted by atomic mass is 32.2. The van der Waals surface area contributed by atoms with Gasteiger partial charge in [0, 0.05) is 6.42 Å². The van der Waals surface area contributed by atoms with E-state index in [0.717, 1.165) is 18.8 Å². The van der Waals surface area contributed by atoms with Crippen molar-refractivity contribution in [2.24, 2.45) is 5.92 Å². The molecule has 0 N–H and O–H groups in total. The summed E-state index contributed by atoms with van der Waals surface area (Å²) in [5.74, 6) is 2.66. The van der Waals surface area contributed by atoms with Gasteiger partial charge in [-0.1, -0.05) is 12.8 Å². The number of carbonyl (C=O) groups excluding carboxylic acids is 1. The molecule has 1 saturated carbocycles. The van der Waals surface area contributed by atoms with E-state index in [0.29, 0.717) is 11.0 Å². The Kier molecular flexibility index (Phi) is 2.74. The molecule has 1 heterocycles. The maximum atomic E-state index is 11.6. The summed E-state index contributed by atoms with van der Waals surface area (Å²) in [6.07, 6.45) is 7.20. The summed E-state index contributed by atoms with van der Waals surface area (Å²) >= 11 is 1.87. The molecule has 0 aromatic heterocycles. The lowest BCUT2D eigenvalue weighted by atomic mass is 10.1. The zero-order valence-electron chi connectivity index (χ0n) is 7.42. The van der Waals surface area contributed by atoms with E-state index < -0.39 is 0 Å². The van der Waals surface area contributed by atoms with Crippen molar-refractivity contribution in [2.45, 2.75) is 43.8 Å². The van der Waals surface area contributed by atoms with Gasteiger partial charge in [0.05, 0.1) is 5.25 Å². The number of rotatable bonds is 4. The number of hydrogen-bond acceptors (Lipinski definition) is 2. The van der Waals surface area contributed by atoms with Crippen LogP contribution in [-0.2, 0) is 4.79 Å². The van der Waals surface area contributed by atoms with Gasteiger partial charge in [0.2, 0.25) is 0 Å². The number of hydrogen-bond donors (Lipinski definition) is 0. The average molecular weight is 184 g/mol. The molecule has 2 aliphatic rings. The summed E-state index contributed by atoms with van der Waals surface area (Å²) in [4.78, 5) is 11.6. The van der Waals surface area contributed by atoms with E-state index in [4.69, 9.17) is 0 Å². The number of thioether (sulfide) groups is 1. The van der Waals surface area contributed by atoms with Crippen molar-refractivity contribution in [1.29, 1.82) is 0 Å². The SMILES string of the molecule is O=C(CCC1CC1)C1CCCS1. The van der Waals surface area contributed by atoms with Crippen LogP contribution in [0.2, 0.25) is 0 Å². The molecule has 1 saturated heterocycles. The number of Topliss-reactive ketones (excluding diaryl/α,β-unsaturated/α-hetero) is 1. The molecule has 1 aliphatic carbocycles. The van der Waals surface area contributed by atoms with Gasteiger partial charge in [0.1, 0.15) is 5.78 Å². The predicted molar refractivity (Wildman–Crippen MR) is 52.4 cm³/mol. The normalized spacial score (nSPS) is 29.2. The molecule has 12 heavy (non-hydrogen) atoms. The van der Waals surface area contributed by atoms with Gasteiger partial charge < -0.3 is 0 Å². The Hall–Kier alpha value is 0.0200. The standard InChI is InChI=1S/C10H16OS/c11-9(6-5-8-3-4-8)10-2-1-7-12-10/h8,10H,1-7H2. The first kappa shape index (κ1) is 8.61. The largest absolute Gasteiger partial charge is 0.298 e. The highest BCUT2D eigenvalue weighted by Gasteiger charge is 2.26. The second-order valence-electron chi connectivity index (χ2n) is 3.95. The van der Waals surface area contributed by atoms with Crippen LogP contribution in [-0.4, -0.2) is 16.8 Å². The van der Waals surface area contributed by atoms with Crippen molar-refractivity contribution in [2.75, 3.05) is 5.75 Å². The molecular weight excluding hydrogens is 168 g/mol. The third-order valence-electron chi connectivity index (χ3n) is 2.78. The molecule has 0 bridgehead atoms. The smallest absolute Gasteiger partial charge is 0.145 e. The summed E-state index contributed by atoms with van der Waals surface area (Å²) < 4.78 is 0. The maximum absolute atomic E-state index is 11.6. The fraction of sp³-hybridized carbons (Fsp3) is 0.900. The lowest BCUT2D eigenvalue weighted by Gasteiger charge is -2.05. The summed E-state index contributed by atoms with van der Waals surface area (Å²) in [7, 11) is 0. The van der Waals surface area contributed by atoms with Crippen LogP contribution in [0.5, 0.6) is 0 Å². The first-order chi connectivity index (χ1) is 5.86. The Balaban J connectivity index is 1.67. The van der Waals surface area contributed by atoms with Crippen molar-refractivity contribution in [3.05, 3.63) is 0 Å². The van der Waals surface area contributed by atoms with Crippen LogP contribution in [0.4, 0.5) is 0 Å². The van der Waals surface area contributed by atoms with Crippen LogP contribution in [0.3, 0.4) is 0 Å². The van der Waals surface area contributed by atoms with Crippen LogP contribution in [0.25, 0.3) is 0 Å². The van der Waals surface area contributed by atoms with Crippen molar-refractivity contribution in [3.8, 4) is 0 Å². The summed E-state index contributed by atoms with van der Waals surface area (Å²) in [5, 5.41) is 0.378. The molecule has 68 valence electrons. The van der Waals surface area contributed by atoms with Gasteiger partial charge in [0.25, 0.3) is 0 Å². The van der Waals surface area contributed by atoms with Crippen LogP contribution in [0.15, 0.2) is 0 Å².